The topological polar surface area (TPSA) is 68.0 Å². The molecule has 0 bridgehead atoms. The molecule has 100 valence electrons. The number of hydrogen-bond donors (Lipinski definition) is 1. The molecule has 5 nitrogen and oxygen atoms in total. The predicted octanol–water partition coefficient (Wildman–Crippen LogP) is 2.29. The minimum absolute atomic E-state index is 0.0467. The van der Waals surface area contributed by atoms with Gasteiger partial charge >= 0.3 is 12.1 Å². The van der Waals surface area contributed by atoms with Crippen LogP contribution >= 0.6 is 0 Å². The fourth-order valence-corrected chi connectivity index (χ4v) is 1.50. The normalized spacial score (nSPS) is 11.6. The molecule has 1 aromatic heterocycles. The minimum atomic E-state index is -4.48. The molecule has 0 aliphatic heterocycles. The third-order valence-corrected chi connectivity index (χ3v) is 2.39. The molecule has 0 atom stereocenters. The highest BCUT2D eigenvalue weighted by molar-refractivity contribution is 5.86. The van der Waals surface area contributed by atoms with E-state index < -0.39 is 17.7 Å². The van der Waals surface area contributed by atoms with Crippen molar-refractivity contribution < 1.29 is 23.1 Å². The van der Waals surface area contributed by atoms with Gasteiger partial charge in [0.25, 0.3) is 0 Å². The van der Waals surface area contributed by atoms with Gasteiger partial charge in [0, 0.05) is 0 Å². The molecule has 0 aliphatic carbocycles. The molecular formula is C11H8F3N3O2. The summed E-state index contributed by atoms with van der Waals surface area (Å²) in [6.07, 6.45) is -4.48. The third kappa shape index (κ3) is 2.56. The molecule has 0 saturated carbocycles. The number of benzene rings is 1. The van der Waals surface area contributed by atoms with Gasteiger partial charge < -0.3 is 5.11 Å². The Bertz CT molecular complexity index is 634. The van der Waals surface area contributed by atoms with Gasteiger partial charge in [-0.15, -0.1) is 5.10 Å². The second kappa shape index (κ2) is 4.38. The molecule has 0 aliphatic rings. The van der Waals surface area contributed by atoms with Gasteiger partial charge in [-0.1, -0.05) is 6.07 Å². The Morgan fingerprint density at radius 3 is 2.53 bits per heavy atom. The van der Waals surface area contributed by atoms with E-state index in [1.807, 2.05) is 0 Å². The lowest BCUT2D eigenvalue weighted by Gasteiger charge is -2.07. The second-order valence-corrected chi connectivity index (χ2v) is 3.78. The SMILES string of the molecule is Cc1nn(-c2cccc(C(F)(F)F)c2)nc1C(=O)O. The summed E-state index contributed by atoms with van der Waals surface area (Å²) in [5, 5.41) is 16.2. The highest BCUT2D eigenvalue weighted by Gasteiger charge is 2.30. The average molecular weight is 271 g/mol. The maximum Gasteiger partial charge on any atom is 0.416 e. The summed E-state index contributed by atoms with van der Waals surface area (Å²) in [6, 6.07) is 4.33. The van der Waals surface area contributed by atoms with Crippen molar-refractivity contribution in [1.82, 2.24) is 15.0 Å². The molecule has 0 spiro atoms. The summed E-state index contributed by atoms with van der Waals surface area (Å²) in [5.41, 5.74) is -0.968. The van der Waals surface area contributed by atoms with Crippen LogP contribution in [0.3, 0.4) is 0 Å². The fraction of sp³-hybridized carbons (Fsp3) is 0.182. The van der Waals surface area contributed by atoms with E-state index in [4.69, 9.17) is 5.11 Å². The van der Waals surface area contributed by atoms with Crippen molar-refractivity contribution >= 4 is 5.97 Å². The van der Waals surface area contributed by atoms with Gasteiger partial charge in [-0.25, -0.2) is 4.79 Å². The van der Waals surface area contributed by atoms with Gasteiger partial charge in [0.15, 0.2) is 5.69 Å². The van der Waals surface area contributed by atoms with E-state index in [0.29, 0.717) is 0 Å². The monoisotopic (exact) mass is 271 g/mol. The summed E-state index contributed by atoms with van der Waals surface area (Å²) in [5.74, 6) is -1.28. The quantitative estimate of drug-likeness (QED) is 0.909. The van der Waals surface area contributed by atoms with Crippen LogP contribution in [0.5, 0.6) is 0 Å². The number of carboxylic acids is 1. The molecular weight excluding hydrogens is 263 g/mol. The third-order valence-electron chi connectivity index (χ3n) is 2.39. The Hall–Kier alpha value is -2.38. The zero-order chi connectivity index (χ0) is 14.2. The molecule has 0 unspecified atom stereocenters. The molecule has 1 aromatic carbocycles. The lowest BCUT2D eigenvalue weighted by Crippen LogP contribution is -2.07. The van der Waals surface area contributed by atoms with Crippen molar-refractivity contribution in [2.45, 2.75) is 13.1 Å². The maximum atomic E-state index is 12.6. The summed E-state index contributed by atoms with van der Waals surface area (Å²) >= 11 is 0. The number of carbonyl (C=O) groups is 1. The van der Waals surface area contributed by atoms with Crippen LogP contribution in [0.25, 0.3) is 5.69 Å². The van der Waals surface area contributed by atoms with E-state index in [1.165, 1.54) is 19.1 Å². The Kier molecular flexibility index (Phi) is 3.01. The van der Waals surface area contributed by atoms with Crippen molar-refractivity contribution in [1.29, 1.82) is 0 Å². The number of aromatic nitrogens is 3. The van der Waals surface area contributed by atoms with Gasteiger partial charge in [0.1, 0.15) is 0 Å². The molecule has 0 fully saturated rings. The van der Waals surface area contributed by atoms with Crippen LogP contribution in [0.1, 0.15) is 21.7 Å². The number of rotatable bonds is 2. The number of hydrogen-bond acceptors (Lipinski definition) is 3. The predicted molar refractivity (Wildman–Crippen MR) is 58.1 cm³/mol. The van der Waals surface area contributed by atoms with Crippen molar-refractivity contribution in [3.63, 3.8) is 0 Å². The van der Waals surface area contributed by atoms with Gasteiger partial charge in [-0.3, -0.25) is 0 Å². The van der Waals surface area contributed by atoms with E-state index in [0.717, 1.165) is 16.9 Å². The molecule has 2 aromatic rings. The average Bonchev–Trinajstić information content (AvgIpc) is 2.70. The first-order valence-corrected chi connectivity index (χ1v) is 5.14. The molecule has 8 heteroatoms. The Balaban J connectivity index is 2.48. The van der Waals surface area contributed by atoms with Gasteiger partial charge in [0.05, 0.1) is 16.9 Å². The lowest BCUT2D eigenvalue weighted by atomic mass is 10.2. The van der Waals surface area contributed by atoms with Crippen molar-refractivity contribution in [3.05, 3.63) is 41.2 Å². The van der Waals surface area contributed by atoms with Gasteiger partial charge in [-0.05, 0) is 25.1 Å². The molecule has 2 rings (SSSR count). The Labute approximate surface area is 105 Å². The van der Waals surface area contributed by atoms with Crippen molar-refractivity contribution in [2.24, 2.45) is 0 Å². The molecule has 1 N–H and O–H groups in total. The highest BCUT2D eigenvalue weighted by atomic mass is 19.4. The van der Waals surface area contributed by atoms with E-state index in [2.05, 4.69) is 10.2 Å². The van der Waals surface area contributed by atoms with Crippen LogP contribution in [-0.4, -0.2) is 26.1 Å². The number of halogens is 3. The van der Waals surface area contributed by atoms with Crippen LogP contribution in [0.2, 0.25) is 0 Å². The van der Waals surface area contributed by atoms with Crippen LogP contribution in [0.15, 0.2) is 24.3 Å². The summed E-state index contributed by atoms with van der Waals surface area (Å²) in [6.45, 7) is 1.42. The minimum Gasteiger partial charge on any atom is -0.476 e. The number of aryl methyl sites for hydroxylation is 1. The van der Waals surface area contributed by atoms with Crippen LogP contribution in [-0.2, 0) is 6.18 Å². The first kappa shape index (κ1) is 13.1. The van der Waals surface area contributed by atoms with E-state index in [1.54, 1.807) is 0 Å². The molecule has 0 amide bonds. The summed E-state index contributed by atoms with van der Waals surface area (Å²) in [4.78, 5) is 11.7. The van der Waals surface area contributed by atoms with E-state index in [9.17, 15) is 18.0 Å². The second-order valence-electron chi connectivity index (χ2n) is 3.78. The van der Waals surface area contributed by atoms with Crippen molar-refractivity contribution in [3.8, 4) is 5.69 Å². The lowest BCUT2D eigenvalue weighted by molar-refractivity contribution is -0.137. The fourth-order valence-electron chi connectivity index (χ4n) is 1.50. The molecule has 1 heterocycles. The first-order valence-electron chi connectivity index (χ1n) is 5.14. The van der Waals surface area contributed by atoms with Crippen LogP contribution in [0.4, 0.5) is 13.2 Å². The van der Waals surface area contributed by atoms with Crippen molar-refractivity contribution in [2.75, 3.05) is 0 Å². The number of aromatic carboxylic acids is 1. The maximum absolute atomic E-state index is 12.6. The molecule has 19 heavy (non-hydrogen) atoms. The zero-order valence-electron chi connectivity index (χ0n) is 9.64. The van der Waals surface area contributed by atoms with Crippen LogP contribution < -0.4 is 0 Å². The van der Waals surface area contributed by atoms with Gasteiger partial charge in [-0.2, -0.15) is 23.1 Å². The standard InChI is InChI=1S/C11H8F3N3O2/c1-6-9(10(18)19)16-17(15-6)8-4-2-3-7(5-8)11(12,13)14/h2-5H,1H3,(H,18,19). The number of alkyl halides is 3. The van der Waals surface area contributed by atoms with Gasteiger partial charge in [0.2, 0.25) is 0 Å². The summed E-state index contributed by atoms with van der Waals surface area (Å²) < 4.78 is 37.7. The molecule has 0 saturated heterocycles. The summed E-state index contributed by atoms with van der Waals surface area (Å²) in [7, 11) is 0. The number of nitrogens with zero attached hydrogens (tertiary/aromatic N) is 3. The Morgan fingerprint density at radius 1 is 1.32 bits per heavy atom. The Morgan fingerprint density at radius 2 is 2.00 bits per heavy atom. The van der Waals surface area contributed by atoms with E-state index in [-0.39, 0.29) is 17.1 Å². The highest BCUT2D eigenvalue weighted by Crippen LogP contribution is 2.30. The first-order chi connectivity index (χ1) is 8.79. The van der Waals surface area contributed by atoms with E-state index >= 15 is 0 Å². The largest absolute Gasteiger partial charge is 0.476 e. The molecule has 0 radical (unpaired) electrons. The number of carboxylic acid groups (broad SMARTS) is 1. The smallest absolute Gasteiger partial charge is 0.416 e. The zero-order valence-corrected chi connectivity index (χ0v) is 9.64. The van der Waals surface area contributed by atoms with Crippen LogP contribution in [0, 0.1) is 6.92 Å².